The summed E-state index contributed by atoms with van der Waals surface area (Å²) in [5, 5.41) is 2.71. The molecule has 0 radical (unpaired) electrons. The Kier molecular flexibility index (Phi) is 6.43. The van der Waals surface area contributed by atoms with Gasteiger partial charge in [-0.15, -0.1) is 0 Å². The second kappa shape index (κ2) is 8.83. The van der Waals surface area contributed by atoms with E-state index in [0.29, 0.717) is 36.2 Å². The van der Waals surface area contributed by atoms with E-state index in [1.165, 1.54) is 35.6 Å². The van der Waals surface area contributed by atoms with Gasteiger partial charge in [0.05, 0.1) is 20.5 Å². The molecule has 0 aliphatic carbocycles. The van der Waals surface area contributed by atoms with E-state index in [1.807, 2.05) is 0 Å². The Morgan fingerprint density at radius 1 is 1.21 bits per heavy atom. The first-order valence-corrected chi connectivity index (χ1v) is 10.8. The fourth-order valence-corrected chi connectivity index (χ4v) is 4.60. The van der Waals surface area contributed by atoms with Crippen LogP contribution in [0.4, 0.5) is 5.69 Å². The highest BCUT2D eigenvalue weighted by atomic mass is 32.2. The van der Waals surface area contributed by atoms with Gasteiger partial charge in [-0.2, -0.15) is 4.31 Å². The van der Waals surface area contributed by atoms with E-state index < -0.39 is 10.0 Å². The number of hydrogen-bond donors (Lipinski definition) is 1. The van der Waals surface area contributed by atoms with Crippen LogP contribution in [-0.2, 0) is 21.4 Å². The number of amides is 1. The molecule has 1 aliphatic heterocycles. The van der Waals surface area contributed by atoms with Gasteiger partial charge in [0.15, 0.2) is 16.5 Å². The zero-order chi connectivity index (χ0) is 21.0. The molecule has 1 aromatic heterocycles. The number of imidazole rings is 1. The van der Waals surface area contributed by atoms with Crippen LogP contribution >= 0.6 is 0 Å². The Balaban J connectivity index is 1.64. The molecule has 1 saturated heterocycles. The van der Waals surface area contributed by atoms with Crippen molar-refractivity contribution in [2.75, 3.05) is 32.6 Å². The van der Waals surface area contributed by atoms with Crippen molar-refractivity contribution in [3.05, 3.63) is 30.7 Å². The number of methoxy groups -OCH3 is 2. The number of benzene rings is 1. The van der Waals surface area contributed by atoms with Crippen LogP contribution in [0, 0.1) is 5.92 Å². The smallest absolute Gasteiger partial charge is 0.262 e. The van der Waals surface area contributed by atoms with Gasteiger partial charge in [0.2, 0.25) is 5.91 Å². The Labute approximate surface area is 170 Å². The number of anilines is 1. The Bertz CT molecular complexity index is 965. The van der Waals surface area contributed by atoms with Crippen molar-refractivity contribution in [3.8, 4) is 11.5 Å². The summed E-state index contributed by atoms with van der Waals surface area (Å²) in [4.78, 5) is 16.4. The lowest BCUT2D eigenvalue weighted by molar-refractivity contribution is -0.116. The zero-order valence-corrected chi connectivity index (χ0v) is 17.6. The minimum Gasteiger partial charge on any atom is -0.493 e. The maximum atomic E-state index is 12.7. The molecule has 0 spiro atoms. The number of hydrogen-bond acceptors (Lipinski definition) is 6. The van der Waals surface area contributed by atoms with E-state index >= 15 is 0 Å². The minimum absolute atomic E-state index is 0.0361. The molecule has 3 rings (SSSR count). The van der Waals surface area contributed by atoms with Crippen LogP contribution in [0.1, 0.15) is 19.8 Å². The molecule has 0 unspecified atom stereocenters. The zero-order valence-electron chi connectivity index (χ0n) is 16.8. The molecule has 10 heteroatoms. The molecule has 0 atom stereocenters. The highest BCUT2D eigenvalue weighted by molar-refractivity contribution is 7.89. The monoisotopic (exact) mass is 422 g/mol. The van der Waals surface area contributed by atoms with Crippen molar-refractivity contribution in [2.45, 2.75) is 31.3 Å². The minimum atomic E-state index is -3.64. The van der Waals surface area contributed by atoms with Crippen molar-refractivity contribution < 1.29 is 22.7 Å². The summed E-state index contributed by atoms with van der Waals surface area (Å²) < 4.78 is 38.8. The third-order valence-corrected chi connectivity index (χ3v) is 6.73. The number of aromatic nitrogens is 2. The largest absolute Gasteiger partial charge is 0.493 e. The summed E-state index contributed by atoms with van der Waals surface area (Å²) >= 11 is 0. The number of rotatable bonds is 7. The maximum absolute atomic E-state index is 12.7. The average molecular weight is 423 g/mol. The summed E-state index contributed by atoms with van der Waals surface area (Å²) in [6.45, 7) is 3.05. The van der Waals surface area contributed by atoms with Gasteiger partial charge in [-0.3, -0.25) is 4.79 Å². The third-order valence-electron chi connectivity index (χ3n) is 4.95. The van der Waals surface area contributed by atoms with Crippen LogP contribution in [-0.4, -0.2) is 55.5 Å². The number of carbonyl (C=O) groups excluding carboxylic acids is 1. The molecule has 29 heavy (non-hydrogen) atoms. The van der Waals surface area contributed by atoms with E-state index in [0.717, 1.165) is 12.8 Å². The van der Waals surface area contributed by atoms with Crippen LogP contribution in [0.5, 0.6) is 11.5 Å². The first kappa shape index (κ1) is 21.1. The molecule has 0 saturated carbocycles. The molecule has 1 N–H and O–H groups in total. The number of nitrogens with one attached hydrogen (secondary N) is 1. The number of ether oxygens (including phenoxy) is 2. The molecular weight excluding hydrogens is 396 g/mol. The molecular formula is C19H26N4O5S. The highest BCUT2D eigenvalue weighted by Gasteiger charge is 2.29. The van der Waals surface area contributed by atoms with Gasteiger partial charge < -0.3 is 19.4 Å². The maximum Gasteiger partial charge on any atom is 0.262 e. The van der Waals surface area contributed by atoms with Crippen LogP contribution in [0.3, 0.4) is 0 Å². The molecule has 1 amide bonds. The van der Waals surface area contributed by atoms with E-state index in [4.69, 9.17) is 9.47 Å². The number of nitrogens with zero attached hydrogens (tertiary/aromatic N) is 3. The van der Waals surface area contributed by atoms with Crippen LogP contribution in [0.15, 0.2) is 35.7 Å². The topological polar surface area (TPSA) is 103 Å². The SMILES string of the molecule is COc1ccc(NC(=O)Cn2cnc(S(=O)(=O)N3CCC(C)CC3)c2)cc1OC. The van der Waals surface area contributed by atoms with Crippen LogP contribution in [0.2, 0.25) is 0 Å². The fraction of sp³-hybridized carbons (Fsp3) is 0.474. The molecule has 1 aliphatic rings. The van der Waals surface area contributed by atoms with E-state index in [2.05, 4.69) is 17.2 Å². The van der Waals surface area contributed by atoms with Gasteiger partial charge in [0, 0.05) is 31.0 Å². The fourth-order valence-electron chi connectivity index (χ4n) is 3.20. The number of carbonyl (C=O) groups is 1. The summed E-state index contributed by atoms with van der Waals surface area (Å²) in [6.07, 6.45) is 4.43. The van der Waals surface area contributed by atoms with Gasteiger partial charge in [-0.05, 0) is 30.9 Å². The van der Waals surface area contributed by atoms with Gasteiger partial charge in [-0.25, -0.2) is 13.4 Å². The van der Waals surface area contributed by atoms with Crippen molar-refractivity contribution in [2.24, 2.45) is 5.92 Å². The molecule has 2 heterocycles. The average Bonchev–Trinajstić information content (AvgIpc) is 3.17. The second-order valence-electron chi connectivity index (χ2n) is 7.09. The van der Waals surface area contributed by atoms with Gasteiger partial charge in [0.1, 0.15) is 6.54 Å². The summed E-state index contributed by atoms with van der Waals surface area (Å²) in [6, 6.07) is 5.04. The summed E-state index contributed by atoms with van der Waals surface area (Å²) in [5.74, 6) is 1.27. The van der Waals surface area contributed by atoms with Crippen molar-refractivity contribution in [3.63, 3.8) is 0 Å². The Morgan fingerprint density at radius 2 is 1.90 bits per heavy atom. The first-order valence-electron chi connectivity index (χ1n) is 9.37. The third kappa shape index (κ3) is 4.88. The molecule has 1 fully saturated rings. The summed E-state index contributed by atoms with van der Waals surface area (Å²) in [7, 11) is -0.590. The van der Waals surface area contributed by atoms with Gasteiger partial charge in [0.25, 0.3) is 10.0 Å². The van der Waals surface area contributed by atoms with Crippen molar-refractivity contribution in [1.29, 1.82) is 0 Å². The van der Waals surface area contributed by atoms with Gasteiger partial charge in [-0.1, -0.05) is 6.92 Å². The van der Waals surface area contributed by atoms with E-state index in [-0.39, 0.29) is 17.5 Å². The highest BCUT2D eigenvalue weighted by Crippen LogP contribution is 2.29. The predicted octanol–water partition coefficient (Wildman–Crippen LogP) is 1.96. The molecule has 0 bridgehead atoms. The Morgan fingerprint density at radius 3 is 2.55 bits per heavy atom. The molecule has 9 nitrogen and oxygen atoms in total. The van der Waals surface area contributed by atoms with E-state index in [9.17, 15) is 13.2 Å². The number of sulfonamides is 1. The normalized spacial score (nSPS) is 15.8. The second-order valence-corrected chi connectivity index (χ2v) is 8.97. The van der Waals surface area contributed by atoms with Gasteiger partial charge >= 0.3 is 0 Å². The van der Waals surface area contributed by atoms with Crippen molar-refractivity contribution in [1.82, 2.24) is 13.9 Å². The number of piperidine rings is 1. The predicted molar refractivity (Wildman–Crippen MR) is 108 cm³/mol. The van der Waals surface area contributed by atoms with Crippen molar-refractivity contribution >= 4 is 21.6 Å². The Hall–Kier alpha value is -2.59. The molecule has 2 aromatic rings. The lowest BCUT2D eigenvalue weighted by atomic mass is 10.0. The van der Waals surface area contributed by atoms with Crippen LogP contribution < -0.4 is 14.8 Å². The van der Waals surface area contributed by atoms with Crippen LogP contribution in [0.25, 0.3) is 0 Å². The standard InChI is InChI=1S/C19H26N4O5S/c1-14-6-8-23(9-7-14)29(25,26)19-12-22(13-20-19)11-18(24)21-15-4-5-16(27-2)17(10-15)28-3/h4-5,10,12-14H,6-9,11H2,1-3H3,(H,21,24). The van der Waals surface area contributed by atoms with E-state index in [1.54, 1.807) is 18.2 Å². The lowest BCUT2D eigenvalue weighted by Crippen LogP contribution is -2.38. The first-order chi connectivity index (χ1) is 13.8. The summed E-state index contributed by atoms with van der Waals surface area (Å²) in [5.41, 5.74) is 0.544. The quantitative estimate of drug-likeness (QED) is 0.732. The molecule has 158 valence electrons. The lowest BCUT2D eigenvalue weighted by Gasteiger charge is -2.28. The molecule has 1 aromatic carbocycles.